The number of methoxy groups -OCH3 is 1. The fourth-order valence-corrected chi connectivity index (χ4v) is 3.78. The summed E-state index contributed by atoms with van der Waals surface area (Å²) >= 11 is 0. The Kier molecular flexibility index (Phi) is 14.5. The number of aromatic nitrogens is 1. The lowest BCUT2D eigenvalue weighted by molar-refractivity contribution is -0.660. The Labute approximate surface area is 264 Å². The molecule has 1 atom stereocenters. The van der Waals surface area contributed by atoms with Crippen LogP contribution in [-0.2, 0) is 32.6 Å². The van der Waals surface area contributed by atoms with Crippen molar-refractivity contribution in [2.45, 2.75) is 18.8 Å². The maximum absolute atomic E-state index is 13.0. The highest BCUT2D eigenvalue weighted by Gasteiger charge is 2.38. The van der Waals surface area contributed by atoms with Crippen LogP contribution >= 0.6 is 0 Å². The van der Waals surface area contributed by atoms with Gasteiger partial charge in [0.1, 0.15) is 18.9 Å². The minimum absolute atomic E-state index is 0.0358. The van der Waals surface area contributed by atoms with E-state index in [-0.39, 0.29) is 18.3 Å². The average Bonchev–Trinajstić information content (AvgIpc) is 3.00. The van der Waals surface area contributed by atoms with Crippen LogP contribution in [0.2, 0.25) is 0 Å². The van der Waals surface area contributed by atoms with Crippen LogP contribution in [0.15, 0.2) is 72.9 Å². The smallest absolute Gasteiger partial charge is 0.490 e. The number of benzene rings is 2. The van der Waals surface area contributed by atoms with E-state index in [9.17, 15) is 35.9 Å². The summed E-state index contributed by atoms with van der Waals surface area (Å²) in [6.07, 6.45) is -7.93. The number of aryl methyl sites for hydroxylation is 1. The number of carbonyl (C=O) groups excluding carboxylic acids is 3. The number of rotatable bonds is 8. The lowest BCUT2D eigenvalue weighted by Gasteiger charge is -2.23. The molecule has 0 aliphatic heterocycles. The van der Waals surface area contributed by atoms with E-state index in [1.54, 1.807) is 37.4 Å². The number of halogens is 6. The number of hydrogen-bond acceptors (Lipinski definition) is 7. The fourth-order valence-electron chi connectivity index (χ4n) is 3.78. The van der Waals surface area contributed by atoms with Gasteiger partial charge in [-0.1, -0.05) is 18.2 Å². The first-order chi connectivity index (χ1) is 21.7. The number of carboxylic acid groups (broad SMARTS) is 2. The number of nitrogens with two attached hydrogens (primary N) is 1. The van der Waals surface area contributed by atoms with E-state index in [1.807, 2.05) is 54.2 Å². The molecule has 0 spiro atoms. The zero-order chi connectivity index (χ0) is 36.1. The number of amidine groups is 1. The van der Waals surface area contributed by atoms with Crippen molar-refractivity contribution in [2.75, 3.05) is 20.7 Å². The molecule has 17 heteroatoms. The Morgan fingerprint density at radius 2 is 1.51 bits per heavy atom. The van der Waals surface area contributed by atoms with Gasteiger partial charge >= 0.3 is 24.3 Å². The van der Waals surface area contributed by atoms with Crippen LogP contribution in [0.1, 0.15) is 21.5 Å². The van der Waals surface area contributed by atoms with E-state index in [4.69, 9.17) is 35.7 Å². The number of carbonyl (C=O) groups is 4. The maximum Gasteiger partial charge on any atom is 0.490 e. The van der Waals surface area contributed by atoms with Crippen LogP contribution in [0, 0.1) is 11.3 Å². The Morgan fingerprint density at radius 1 is 0.957 bits per heavy atom. The van der Waals surface area contributed by atoms with Crippen LogP contribution in [0.3, 0.4) is 0 Å². The predicted molar refractivity (Wildman–Crippen MR) is 151 cm³/mol. The highest BCUT2D eigenvalue weighted by atomic mass is 19.4. The molecule has 0 fully saturated rings. The molecule has 0 bridgehead atoms. The SMILES string of the molecule is COC(=O)[C@H](Cc1cccc(C(=N)N)c1)CN(C)C(=O)c1ccc(-c2cccc[n+]2C)cc1.O=C(O)C(F)(F)F.O=C([O-])C(F)(F)F. The van der Waals surface area contributed by atoms with Gasteiger partial charge in [0.15, 0.2) is 6.20 Å². The molecule has 1 heterocycles. The fraction of sp³-hybridized carbons (Fsp3) is 0.267. The summed E-state index contributed by atoms with van der Waals surface area (Å²) in [5, 5.41) is 23.5. The molecule has 1 amide bonds. The Balaban J connectivity index is 0.000000658. The van der Waals surface area contributed by atoms with E-state index in [0.29, 0.717) is 17.5 Å². The molecule has 2 aromatic carbocycles. The predicted octanol–water partition coefficient (Wildman–Crippen LogP) is 2.50. The van der Waals surface area contributed by atoms with Gasteiger partial charge in [-0.3, -0.25) is 15.0 Å². The third-order valence-electron chi connectivity index (χ3n) is 6.05. The molecule has 11 nitrogen and oxygen atoms in total. The Bertz CT molecular complexity index is 1540. The van der Waals surface area contributed by atoms with Crippen LogP contribution in [0.4, 0.5) is 26.3 Å². The van der Waals surface area contributed by atoms with Gasteiger partial charge in [0, 0.05) is 42.4 Å². The van der Waals surface area contributed by atoms with Crippen molar-refractivity contribution >= 4 is 29.7 Å². The van der Waals surface area contributed by atoms with Gasteiger partial charge in [0.25, 0.3) is 5.91 Å². The van der Waals surface area contributed by atoms with E-state index in [1.165, 1.54) is 12.0 Å². The number of ether oxygens (including phenoxy) is 1. The van der Waals surface area contributed by atoms with Crippen molar-refractivity contribution in [3.63, 3.8) is 0 Å². The third kappa shape index (κ3) is 13.2. The van der Waals surface area contributed by atoms with Gasteiger partial charge < -0.3 is 30.4 Å². The summed E-state index contributed by atoms with van der Waals surface area (Å²) in [4.78, 5) is 44.7. The summed E-state index contributed by atoms with van der Waals surface area (Å²) in [5.74, 6) is -6.92. The summed E-state index contributed by atoms with van der Waals surface area (Å²) in [6, 6.07) is 20.6. The zero-order valence-electron chi connectivity index (χ0n) is 25.1. The van der Waals surface area contributed by atoms with Gasteiger partial charge in [0.2, 0.25) is 5.69 Å². The quantitative estimate of drug-likeness (QED) is 0.107. The molecule has 254 valence electrons. The molecule has 1 aromatic heterocycles. The van der Waals surface area contributed by atoms with Crippen molar-refractivity contribution < 1.29 is 65.0 Å². The minimum Gasteiger partial charge on any atom is -0.542 e. The molecule has 4 N–H and O–H groups in total. The lowest BCUT2D eigenvalue weighted by atomic mass is 9.97. The number of amides is 1. The van der Waals surface area contributed by atoms with Crippen LogP contribution < -0.4 is 15.4 Å². The first kappa shape index (κ1) is 39.5. The van der Waals surface area contributed by atoms with Crippen LogP contribution in [0.5, 0.6) is 0 Å². The topological polar surface area (TPSA) is 178 Å². The molecule has 3 aromatic rings. The summed E-state index contributed by atoms with van der Waals surface area (Å²) < 4.78 is 70.3. The minimum atomic E-state index is -5.19. The monoisotopic (exact) mass is 672 g/mol. The van der Waals surface area contributed by atoms with E-state index < -0.39 is 36.2 Å². The number of hydrogen-bond donors (Lipinski definition) is 3. The zero-order valence-corrected chi connectivity index (χ0v) is 25.1. The van der Waals surface area contributed by atoms with Crippen molar-refractivity contribution in [2.24, 2.45) is 18.7 Å². The second-order valence-corrected chi connectivity index (χ2v) is 9.59. The highest BCUT2D eigenvalue weighted by Crippen LogP contribution is 2.19. The summed E-state index contributed by atoms with van der Waals surface area (Å²) in [6.45, 7) is 0.200. The van der Waals surface area contributed by atoms with Crippen molar-refractivity contribution in [1.29, 1.82) is 5.41 Å². The second-order valence-electron chi connectivity index (χ2n) is 9.59. The summed E-state index contributed by atoms with van der Waals surface area (Å²) in [7, 11) is 4.99. The number of carboxylic acids is 2. The molecule has 3 rings (SSSR count). The van der Waals surface area contributed by atoms with Crippen molar-refractivity contribution in [3.05, 3.63) is 89.6 Å². The van der Waals surface area contributed by atoms with Gasteiger partial charge in [0.05, 0.1) is 13.0 Å². The molecule has 0 saturated heterocycles. The molecule has 0 aliphatic carbocycles. The Morgan fingerprint density at radius 3 is 1.96 bits per heavy atom. The molecule has 0 aliphatic rings. The third-order valence-corrected chi connectivity index (χ3v) is 6.05. The first-order valence-corrected chi connectivity index (χ1v) is 13.1. The van der Waals surface area contributed by atoms with Crippen molar-refractivity contribution in [1.82, 2.24) is 4.90 Å². The van der Waals surface area contributed by atoms with Crippen LogP contribution in [0.25, 0.3) is 11.3 Å². The normalized spacial score (nSPS) is 11.4. The molecular formula is C30H30F6N4O7. The molecule has 0 radical (unpaired) electrons. The second kappa shape index (κ2) is 17.3. The number of alkyl halides is 6. The van der Waals surface area contributed by atoms with Gasteiger partial charge in [-0.05, 0) is 48.4 Å². The van der Waals surface area contributed by atoms with E-state index >= 15 is 0 Å². The van der Waals surface area contributed by atoms with E-state index in [2.05, 4.69) is 0 Å². The van der Waals surface area contributed by atoms with Crippen molar-refractivity contribution in [3.8, 4) is 11.3 Å². The number of aliphatic carboxylic acids is 2. The Hall–Kier alpha value is -5.48. The molecule has 0 saturated carbocycles. The number of pyridine rings is 1. The molecule has 0 unspecified atom stereocenters. The number of nitrogens with zero attached hydrogens (tertiary/aromatic N) is 2. The first-order valence-electron chi connectivity index (χ1n) is 13.1. The lowest BCUT2D eigenvalue weighted by Crippen LogP contribution is -2.37. The number of esters is 1. The van der Waals surface area contributed by atoms with Gasteiger partial charge in [-0.25, -0.2) is 9.36 Å². The highest BCUT2D eigenvalue weighted by molar-refractivity contribution is 5.95. The molecular weight excluding hydrogens is 642 g/mol. The molecule has 47 heavy (non-hydrogen) atoms. The average molecular weight is 673 g/mol. The number of nitrogens with one attached hydrogen (secondary N) is 1. The number of nitrogen functional groups attached to an aromatic ring is 1. The standard InChI is InChI=1S/C26H29N4O3.2C2HF3O2/c1-29-14-5-4-9-23(29)19-10-12-20(13-11-19)25(31)30(2)17-22(26(32)33-3)16-18-7-6-8-21(15-18)24(27)28;2*3-2(4,5)1(6)7/h4-15,22H,16-17H2,1-3H3,(H3,27,28);2*(H,6,7)/q+1;;/p-1/t22-;;/m1../s1. The van der Waals surface area contributed by atoms with Crippen LogP contribution in [-0.4, -0.2) is 72.7 Å². The maximum atomic E-state index is 13.0. The van der Waals surface area contributed by atoms with Gasteiger partial charge in [-0.2, -0.15) is 26.3 Å². The van der Waals surface area contributed by atoms with E-state index in [0.717, 1.165) is 16.8 Å². The van der Waals surface area contributed by atoms with Gasteiger partial charge in [-0.15, -0.1) is 0 Å². The summed E-state index contributed by atoms with van der Waals surface area (Å²) in [5.41, 5.74) is 9.61. The largest absolute Gasteiger partial charge is 0.542 e.